The van der Waals surface area contributed by atoms with Crippen LogP contribution in [0.15, 0.2) is 18.7 Å². The van der Waals surface area contributed by atoms with Crippen molar-refractivity contribution in [2.45, 2.75) is 19.3 Å². The van der Waals surface area contributed by atoms with Gasteiger partial charge in [-0.3, -0.25) is 0 Å². The van der Waals surface area contributed by atoms with E-state index in [0.29, 0.717) is 18.2 Å². The zero-order chi connectivity index (χ0) is 10.7. The van der Waals surface area contributed by atoms with Crippen molar-refractivity contribution >= 4 is 11.6 Å². The molecule has 5 nitrogen and oxygen atoms in total. The minimum absolute atomic E-state index is 0.397. The summed E-state index contributed by atoms with van der Waals surface area (Å²) in [6.07, 6.45) is 3.12. The molecule has 0 spiro atoms. The van der Waals surface area contributed by atoms with Crippen LogP contribution in [0.25, 0.3) is 0 Å². The fourth-order valence-electron chi connectivity index (χ4n) is 1.30. The van der Waals surface area contributed by atoms with Gasteiger partial charge in [-0.25, -0.2) is 19.6 Å². The molecule has 2 aromatic rings. The first-order valence-corrected chi connectivity index (χ1v) is 5.03. The Kier molecular flexibility index (Phi) is 2.91. The van der Waals surface area contributed by atoms with Crippen molar-refractivity contribution in [1.82, 2.24) is 24.7 Å². The van der Waals surface area contributed by atoms with Crippen LogP contribution in [-0.2, 0) is 12.4 Å². The topological polar surface area (TPSA) is 56.5 Å². The number of nitrogens with zero attached hydrogens (tertiary/aromatic N) is 5. The van der Waals surface area contributed by atoms with Gasteiger partial charge < -0.3 is 0 Å². The second kappa shape index (κ2) is 4.35. The van der Waals surface area contributed by atoms with Gasteiger partial charge in [0.25, 0.3) is 0 Å². The van der Waals surface area contributed by atoms with Crippen molar-refractivity contribution in [2.75, 3.05) is 0 Å². The molecule has 0 radical (unpaired) electrons. The van der Waals surface area contributed by atoms with Crippen molar-refractivity contribution in [2.24, 2.45) is 0 Å². The van der Waals surface area contributed by atoms with E-state index < -0.39 is 0 Å². The molecular formula is C9H10ClN5. The lowest BCUT2D eigenvalue weighted by Crippen LogP contribution is -2.07. The summed E-state index contributed by atoms with van der Waals surface area (Å²) in [5.41, 5.74) is 1.75. The highest BCUT2D eigenvalue weighted by Gasteiger charge is 2.02. The molecule has 15 heavy (non-hydrogen) atoms. The average Bonchev–Trinajstić information content (AvgIpc) is 2.69. The molecule has 0 unspecified atom stereocenters. The number of halogens is 1. The molecule has 2 aromatic heterocycles. The van der Waals surface area contributed by atoms with Gasteiger partial charge in [0.2, 0.25) is 0 Å². The third-order valence-corrected chi connectivity index (χ3v) is 2.13. The largest absolute Gasteiger partial charge is 0.245 e. The van der Waals surface area contributed by atoms with Gasteiger partial charge in [0.15, 0.2) is 0 Å². The summed E-state index contributed by atoms with van der Waals surface area (Å²) in [5.74, 6) is 1.10. The van der Waals surface area contributed by atoms with E-state index in [0.717, 1.165) is 11.4 Å². The summed E-state index contributed by atoms with van der Waals surface area (Å²) in [4.78, 5) is 12.4. The van der Waals surface area contributed by atoms with Gasteiger partial charge in [0.1, 0.15) is 25.0 Å². The quantitative estimate of drug-likeness (QED) is 0.733. The molecule has 0 aliphatic heterocycles. The van der Waals surface area contributed by atoms with Crippen LogP contribution in [0.5, 0.6) is 0 Å². The first kappa shape index (κ1) is 10.0. The van der Waals surface area contributed by atoms with Gasteiger partial charge in [-0.05, 0) is 13.0 Å². The van der Waals surface area contributed by atoms with Gasteiger partial charge >= 0.3 is 0 Å². The second-order valence-corrected chi connectivity index (χ2v) is 3.41. The fourth-order valence-corrected chi connectivity index (χ4v) is 1.44. The van der Waals surface area contributed by atoms with E-state index in [1.807, 2.05) is 13.0 Å². The first-order valence-electron chi connectivity index (χ1n) is 4.50. The highest BCUT2D eigenvalue weighted by molar-refractivity contribution is 6.16. The number of alkyl halides is 1. The zero-order valence-electron chi connectivity index (χ0n) is 8.26. The summed E-state index contributed by atoms with van der Waals surface area (Å²) in [6.45, 7) is 2.44. The van der Waals surface area contributed by atoms with Gasteiger partial charge in [0, 0.05) is 5.69 Å². The molecule has 0 saturated heterocycles. The number of hydrogen-bond donors (Lipinski definition) is 0. The summed E-state index contributed by atoms with van der Waals surface area (Å²) < 4.78 is 1.67. The van der Waals surface area contributed by atoms with E-state index in [1.165, 1.54) is 6.33 Å². The van der Waals surface area contributed by atoms with Crippen LogP contribution >= 0.6 is 11.6 Å². The highest BCUT2D eigenvalue weighted by atomic mass is 35.5. The first-order chi connectivity index (χ1) is 7.28. The fraction of sp³-hybridized carbons (Fsp3) is 0.333. The van der Waals surface area contributed by atoms with Crippen molar-refractivity contribution in [3.05, 3.63) is 35.9 Å². The van der Waals surface area contributed by atoms with Crippen LogP contribution in [-0.4, -0.2) is 24.7 Å². The van der Waals surface area contributed by atoms with Gasteiger partial charge in [0.05, 0.1) is 11.6 Å². The predicted molar refractivity (Wildman–Crippen MR) is 55.5 cm³/mol. The van der Waals surface area contributed by atoms with E-state index in [1.54, 1.807) is 11.0 Å². The van der Waals surface area contributed by atoms with Crippen LogP contribution in [0.2, 0.25) is 0 Å². The van der Waals surface area contributed by atoms with Crippen LogP contribution < -0.4 is 0 Å². The number of aryl methyl sites for hydroxylation is 1. The van der Waals surface area contributed by atoms with E-state index in [4.69, 9.17) is 11.6 Å². The summed E-state index contributed by atoms with van der Waals surface area (Å²) >= 11 is 5.73. The summed E-state index contributed by atoms with van der Waals surface area (Å²) in [7, 11) is 0. The third kappa shape index (κ3) is 2.50. The minimum Gasteiger partial charge on any atom is -0.245 e. The number of aromatic nitrogens is 5. The Balaban J connectivity index is 2.24. The van der Waals surface area contributed by atoms with Gasteiger partial charge in [-0.1, -0.05) is 0 Å². The Bertz CT molecular complexity index is 440. The standard InChI is InChI=1S/C9H10ClN5/c1-7-2-8(3-10)14-9(13-7)4-15-6-11-5-12-15/h2,5-6H,3-4H2,1H3. The van der Waals surface area contributed by atoms with Crippen molar-refractivity contribution < 1.29 is 0 Å². The lowest BCUT2D eigenvalue weighted by Gasteiger charge is -2.03. The van der Waals surface area contributed by atoms with E-state index in [9.17, 15) is 0 Å². The molecule has 0 aromatic carbocycles. The van der Waals surface area contributed by atoms with Crippen LogP contribution in [0.3, 0.4) is 0 Å². The van der Waals surface area contributed by atoms with Gasteiger partial charge in [-0.2, -0.15) is 5.10 Å². The maximum absolute atomic E-state index is 5.73. The molecule has 0 N–H and O–H groups in total. The molecule has 0 fully saturated rings. The smallest absolute Gasteiger partial charge is 0.150 e. The highest BCUT2D eigenvalue weighted by Crippen LogP contribution is 2.04. The molecule has 78 valence electrons. The monoisotopic (exact) mass is 223 g/mol. The maximum atomic E-state index is 5.73. The molecule has 2 rings (SSSR count). The number of rotatable bonds is 3. The summed E-state index contributed by atoms with van der Waals surface area (Å²) in [5, 5.41) is 3.99. The lowest BCUT2D eigenvalue weighted by molar-refractivity contribution is 0.648. The lowest BCUT2D eigenvalue weighted by atomic mass is 10.3. The zero-order valence-corrected chi connectivity index (χ0v) is 9.02. The molecule has 0 amide bonds. The molecule has 2 heterocycles. The van der Waals surface area contributed by atoms with Crippen LogP contribution in [0.1, 0.15) is 17.2 Å². The van der Waals surface area contributed by atoms with E-state index in [-0.39, 0.29) is 0 Å². The average molecular weight is 224 g/mol. The van der Waals surface area contributed by atoms with Crippen LogP contribution in [0, 0.1) is 6.92 Å². The minimum atomic E-state index is 0.397. The van der Waals surface area contributed by atoms with Crippen molar-refractivity contribution in [3.8, 4) is 0 Å². The van der Waals surface area contributed by atoms with E-state index in [2.05, 4.69) is 20.1 Å². The predicted octanol–water partition coefficient (Wildman–Crippen LogP) is 1.16. The summed E-state index contributed by atoms with van der Waals surface area (Å²) in [6, 6.07) is 1.87. The Hall–Kier alpha value is -1.49. The Labute approximate surface area is 92.2 Å². The van der Waals surface area contributed by atoms with Crippen molar-refractivity contribution in [1.29, 1.82) is 0 Å². The van der Waals surface area contributed by atoms with Gasteiger partial charge in [-0.15, -0.1) is 11.6 Å². The molecular weight excluding hydrogens is 214 g/mol. The molecule has 0 saturated carbocycles. The SMILES string of the molecule is Cc1cc(CCl)nc(Cn2cncn2)n1. The maximum Gasteiger partial charge on any atom is 0.150 e. The molecule has 0 atom stereocenters. The normalized spacial score (nSPS) is 10.5. The molecule has 0 bridgehead atoms. The Morgan fingerprint density at radius 1 is 1.40 bits per heavy atom. The Morgan fingerprint density at radius 2 is 2.27 bits per heavy atom. The second-order valence-electron chi connectivity index (χ2n) is 3.14. The molecule has 0 aliphatic rings. The van der Waals surface area contributed by atoms with Crippen molar-refractivity contribution in [3.63, 3.8) is 0 Å². The molecule has 6 heteroatoms. The molecule has 0 aliphatic carbocycles. The van der Waals surface area contributed by atoms with Crippen LogP contribution in [0.4, 0.5) is 0 Å². The third-order valence-electron chi connectivity index (χ3n) is 1.86. The van der Waals surface area contributed by atoms with E-state index >= 15 is 0 Å². The Morgan fingerprint density at radius 3 is 2.93 bits per heavy atom. The number of hydrogen-bond acceptors (Lipinski definition) is 4.